The minimum atomic E-state index is -4.97. The number of unbranched alkanes of at least 4 members (excludes halogenated alkanes) is 51. The first-order valence-corrected chi connectivity index (χ1v) is 47.9. The maximum absolute atomic E-state index is 13.2. The highest BCUT2D eigenvalue weighted by Gasteiger charge is 2.31. The number of rotatable bonds is 85. The van der Waals surface area contributed by atoms with E-state index in [4.69, 9.17) is 37.0 Å². The Bertz CT molecular complexity index is 2050. The molecule has 630 valence electrons. The minimum Gasteiger partial charge on any atom is -0.462 e. The lowest BCUT2D eigenvalue weighted by Gasteiger charge is -2.21. The molecule has 17 nitrogen and oxygen atoms in total. The molecule has 0 saturated heterocycles. The number of carbonyl (C=O) groups excluding carboxylic acids is 4. The summed E-state index contributed by atoms with van der Waals surface area (Å²) < 4.78 is 68.9. The maximum Gasteiger partial charge on any atom is 0.472 e. The topological polar surface area (TPSA) is 237 Å². The van der Waals surface area contributed by atoms with Crippen molar-refractivity contribution in [3.05, 3.63) is 0 Å². The predicted octanol–water partition coefficient (Wildman–Crippen LogP) is 26.5. The summed E-state index contributed by atoms with van der Waals surface area (Å²) in [6.45, 7) is 12.0. The Morgan fingerprint density at radius 1 is 0.274 bits per heavy atom. The molecule has 0 aromatic rings. The highest BCUT2D eigenvalue weighted by Crippen LogP contribution is 2.45. The van der Waals surface area contributed by atoms with Gasteiger partial charge in [0.2, 0.25) is 0 Å². The van der Waals surface area contributed by atoms with Gasteiger partial charge in [0.25, 0.3) is 0 Å². The lowest BCUT2D eigenvalue weighted by atomic mass is 9.99. The number of phosphoric acid groups is 2. The van der Waals surface area contributed by atoms with Crippen LogP contribution in [0.25, 0.3) is 0 Å². The molecule has 0 aliphatic heterocycles. The van der Waals surface area contributed by atoms with Crippen LogP contribution >= 0.6 is 15.6 Å². The number of ether oxygens (including phenoxy) is 4. The van der Waals surface area contributed by atoms with Crippen molar-refractivity contribution < 1.29 is 80.2 Å². The van der Waals surface area contributed by atoms with E-state index in [0.29, 0.717) is 25.7 Å². The van der Waals surface area contributed by atoms with E-state index in [1.807, 2.05) is 0 Å². The monoisotopic (exact) mass is 1550 g/mol. The molecule has 0 bridgehead atoms. The van der Waals surface area contributed by atoms with Crippen LogP contribution in [0.3, 0.4) is 0 Å². The fraction of sp³-hybridized carbons (Fsp3) is 0.954. The first kappa shape index (κ1) is 104. The van der Waals surface area contributed by atoms with Crippen LogP contribution in [0.15, 0.2) is 0 Å². The van der Waals surface area contributed by atoms with Crippen LogP contribution < -0.4 is 0 Å². The Balaban J connectivity index is 5.21. The third-order valence-electron chi connectivity index (χ3n) is 21.1. The van der Waals surface area contributed by atoms with Crippen molar-refractivity contribution in [2.45, 2.75) is 478 Å². The van der Waals surface area contributed by atoms with Crippen molar-refractivity contribution in [3.63, 3.8) is 0 Å². The zero-order chi connectivity index (χ0) is 77.9. The number of hydrogen-bond donors (Lipinski definition) is 3. The molecule has 0 spiro atoms. The Morgan fingerprint density at radius 2 is 0.481 bits per heavy atom. The summed E-state index contributed by atoms with van der Waals surface area (Å²) in [4.78, 5) is 73.2. The van der Waals surface area contributed by atoms with Gasteiger partial charge in [0.1, 0.15) is 19.3 Å². The zero-order valence-electron chi connectivity index (χ0n) is 69.9. The van der Waals surface area contributed by atoms with Gasteiger partial charge < -0.3 is 33.8 Å². The van der Waals surface area contributed by atoms with Gasteiger partial charge >= 0.3 is 39.5 Å². The van der Waals surface area contributed by atoms with Gasteiger partial charge in [-0.3, -0.25) is 37.3 Å². The second kappa shape index (κ2) is 77.0. The Kier molecular flexibility index (Phi) is 75.6. The van der Waals surface area contributed by atoms with E-state index in [0.717, 1.165) is 114 Å². The molecule has 4 unspecified atom stereocenters. The average molecular weight is 1550 g/mol. The molecule has 0 aromatic carbocycles. The van der Waals surface area contributed by atoms with Gasteiger partial charge in [-0.1, -0.05) is 408 Å². The summed E-state index contributed by atoms with van der Waals surface area (Å²) in [6, 6.07) is 0. The summed E-state index contributed by atoms with van der Waals surface area (Å²) in [7, 11) is -9.93. The largest absolute Gasteiger partial charge is 0.472 e. The van der Waals surface area contributed by atoms with E-state index in [1.165, 1.54) is 263 Å². The molecule has 3 N–H and O–H groups in total. The molecule has 0 saturated carbocycles. The standard InChI is InChI=1S/C87H170O17P2/c1-8-11-12-13-14-15-16-17-18-19-20-21-22-26-29-32-35-41-46-54-61-68-84(89)97-74-82(103-86(91)70-63-56-47-42-36-33-30-27-24-23-25-28-31-34-40-45-52-59-66-79(6)9-2)76-101-105(93,94)99-72-81(88)73-100-106(95,96)102-77-83(75-98-85(90)69-62-55-50-49-53-60-67-80(7)10-3)104-87(92)71-64-57-48-43-38-37-39-44-51-58-65-78(4)5/h78-83,88H,8-77H2,1-7H3,(H,93,94)(H,95,96)/t79?,80?,81-,82-,83-/m1/s1. The van der Waals surface area contributed by atoms with Gasteiger partial charge in [0, 0.05) is 25.7 Å². The lowest BCUT2D eigenvalue weighted by molar-refractivity contribution is -0.161. The second-order valence-corrected chi connectivity index (χ2v) is 35.1. The lowest BCUT2D eigenvalue weighted by Crippen LogP contribution is -2.30. The molecular weight excluding hydrogens is 1380 g/mol. The number of hydrogen-bond acceptors (Lipinski definition) is 15. The summed E-state index contributed by atoms with van der Waals surface area (Å²) >= 11 is 0. The van der Waals surface area contributed by atoms with Crippen molar-refractivity contribution in [1.29, 1.82) is 0 Å². The minimum absolute atomic E-state index is 0.105. The van der Waals surface area contributed by atoms with Gasteiger partial charge in [-0.2, -0.15) is 0 Å². The summed E-state index contributed by atoms with van der Waals surface area (Å²) in [5.74, 6) is 0.246. The van der Waals surface area contributed by atoms with Gasteiger partial charge in [-0.15, -0.1) is 0 Å². The molecule has 19 heteroatoms. The van der Waals surface area contributed by atoms with E-state index >= 15 is 0 Å². The van der Waals surface area contributed by atoms with Crippen LogP contribution in [-0.4, -0.2) is 96.7 Å². The highest BCUT2D eigenvalue weighted by atomic mass is 31.2. The van der Waals surface area contributed by atoms with Gasteiger partial charge in [0.15, 0.2) is 12.2 Å². The maximum atomic E-state index is 13.2. The van der Waals surface area contributed by atoms with Gasteiger partial charge in [0.05, 0.1) is 26.4 Å². The molecule has 0 heterocycles. The van der Waals surface area contributed by atoms with E-state index in [-0.39, 0.29) is 25.7 Å². The molecule has 0 aliphatic rings. The van der Waals surface area contributed by atoms with Crippen LogP contribution in [-0.2, 0) is 65.4 Å². The normalized spacial score (nSPS) is 14.4. The number of aliphatic hydroxyl groups excluding tert-OH is 1. The first-order valence-electron chi connectivity index (χ1n) is 44.9. The quantitative estimate of drug-likeness (QED) is 0.0222. The molecule has 106 heavy (non-hydrogen) atoms. The predicted molar refractivity (Wildman–Crippen MR) is 437 cm³/mol. The molecule has 0 fully saturated rings. The Labute approximate surface area is 651 Å². The number of carbonyl (C=O) groups is 4. The molecule has 7 atom stereocenters. The van der Waals surface area contributed by atoms with Crippen LogP contribution in [0.1, 0.15) is 459 Å². The second-order valence-electron chi connectivity index (χ2n) is 32.2. The first-order chi connectivity index (χ1) is 51.3. The third kappa shape index (κ3) is 77.4. The fourth-order valence-corrected chi connectivity index (χ4v) is 15.1. The van der Waals surface area contributed by atoms with Crippen LogP contribution in [0.5, 0.6) is 0 Å². The van der Waals surface area contributed by atoms with E-state index in [2.05, 4.69) is 48.5 Å². The Morgan fingerprint density at radius 3 is 0.717 bits per heavy atom. The molecular formula is C87H170O17P2. The molecule has 0 aliphatic carbocycles. The number of aliphatic hydroxyl groups is 1. The van der Waals surface area contributed by atoms with Crippen molar-refractivity contribution in [2.75, 3.05) is 39.6 Å². The number of esters is 4. The van der Waals surface area contributed by atoms with Crippen molar-refractivity contribution in [1.82, 2.24) is 0 Å². The SMILES string of the molecule is CCCCCCCCCCCCCCCCCCCCCCCC(=O)OC[C@H](COP(=O)(O)OC[C@@H](O)COP(=O)(O)OC[C@@H](COC(=O)CCCCCCCCC(C)CC)OC(=O)CCCCCCCCCCCCC(C)C)OC(=O)CCCCCCCCCCCCCCCCCCCCC(C)CC. The highest BCUT2D eigenvalue weighted by molar-refractivity contribution is 7.47. The van der Waals surface area contributed by atoms with Crippen LogP contribution in [0.4, 0.5) is 0 Å². The summed E-state index contributed by atoms with van der Waals surface area (Å²) in [5, 5.41) is 10.7. The zero-order valence-corrected chi connectivity index (χ0v) is 71.7. The summed E-state index contributed by atoms with van der Waals surface area (Å²) in [5.41, 5.74) is 0. The molecule has 0 radical (unpaired) electrons. The van der Waals surface area contributed by atoms with Crippen molar-refractivity contribution in [3.8, 4) is 0 Å². The van der Waals surface area contributed by atoms with Gasteiger partial charge in [-0.25, -0.2) is 9.13 Å². The van der Waals surface area contributed by atoms with Crippen LogP contribution in [0, 0.1) is 17.8 Å². The van der Waals surface area contributed by atoms with E-state index in [9.17, 15) is 43.2 Å². The fourth-order valence-electron chi connectivity index (χ4n) is 13.5. The van der Waals surface area contributed by atoms with Gasteiger partial charge in [-0.05, 0) is 43.4 Å². The van der Waals surface area contributed by atoms with Crippen molar-refractivity contribution in [2.24, 2.45) is 17.8 Å². The van der Waals surface area contributed by atoms with Crippen molar-refractivity contribution >= 4 is 39.5 Å². The Hall–Kier alpha value is -1.94. The molecule has 0 rings (SSSR count). The third-order valence-corrected chi connectivity index (χ3v) is 23.0. The van der Waals surface area contributed by atoms with E-state index < -0.39 is 97.5 Å². The summed E-state index contributed by atoms with van der Waals surface area (Å²) in [6.07, 6.45) is 68.2. The average Bonchev–Trinajstić information content (AvgIpc) is 0.927. The van der Waals surface area contributed by atoms with Crippen LogP contribution in [0.2, 0.25) is 0 Å². The van der Waals surface area contributed by atoms with E-state index in [1.54, 1.807) is 0 Å². The smallest absolute Gasteiger partial charge is 0.462 e. The molecule has 0 amide bonds. The molecule has 0 aromatic heterocycles. The number of phosphoric ester groups is 2.